The van der Waals surface area contributed by atoms with Gasteiger partial charge in [-0.3, -0.25) is 4.90 Å². The highest BCUT2D eigenvalue weighted by Crippen LogP contribution is 2.26. The van der Waals surface area contributed by atoms with Gasteiger partial charge in [-0.05, 0) is 12.8 Å². The second kappa shape index (κ2) is 6.07. The zero-order valence-corrected chi connectivity index (χ0v) is 9.70. The van der Waals surface area contributed by atoms with Gasteiger partial charge in [-0.1, -0.05) is 31.4 Å². The summed E-state index contributed by atoms with van der Waals surface area (Å²) >= 11 is 6.00. The van der Waals surface area contributed by atoms with Gasteiger partial charge in [0.05, 0.1) is 0 Å². The van der Waals surface area contributed by atoms with Gasteiger partial charge < -0.3 is 5.11 Å². The van der Waals surface area contributed by atoms with Crippen LogP contribution in [0.2, 0.25) is 0 Å². The van der Waals surface area contributed by atoms with Gasteiger partial charge >= 0.3 is 0 Å². The van der Waals surface area contributed by atoms with Crippen LogP contribution in [0.15, 0.2) is 0 Å². The van der Waals surface area contributed by atoms with E-state index < -0.39 is 5.18 Å². The molecule has 1 saturated heterocycles. The third kappa shape index (κ3) is 4.03. The third-order valence-electron chi connectivity index (χ3n) is 2.41. The zero-order chi connectivity index (χ0) is 9.03. The van der Waals surface area contributed by atoms with Crippen LogP contribution >= 0.6 is 24.0 Å². The standard InChI is InChI=1S/C9H18ClNO.ClH/c1-2-6-9(10,12)11-7-4-3-5-8-11;/h12H,2-8H2,1H3;1H. The van der Waals surface area contributed by atoms with Crippen molar-refractivity contribution < 1.29 is 5.11 Å². The third-order valence-corrected chi connectivity index (χ3v) is 2.84. The molecule has 0 amide bonds. The Labute approximate surface area is 91.7 Å². The molecule has 0 aromatic carbocycles. The molecule has 0 aromatic rings. The lowest BCUT2D eigenvalue weighted by atomic mass is 10.1. The fourth-order valence-corrected chi connectivity index (χ4v) is 2.07. The summed E-state index contributed by atoms with van der Waals surface area (Å²) in [4.78, 5) is 1.99. The number of alkyl halides is 1. The van der Waals surface area contributed by atoms with Crippen LogP contribution in [0.4, 0.5) is 0 Å². The lowest BCUT2D eigenvalue weighted by Crippen LogP contribution is -2.46. The van der Waals surface area contributed by atoms with Gasteiger partial charge in [0.1, 0.15) is 0 Å². The second-order valence-electron chi connectivity index (χ2n) is 3.52. The number of rotatable bonds is 3. The van der Waals surface area contributed by atoms with Crippen molar-refractivity contribution >= 4 is 24.0 Å². The molecule has 1 aliphatic rings. The fourth-order valence-electron chi connectivity index (χ4n) is 1.71. The summed E-state index contributed by atoms with van der Waals surface area (Å²) in [5.74, 6) is 0. The van der Waals surface area contributed by atoms with Crippen LogP contribution < -0.4 is 0 Å². The molecule has 1 heterocycles. The molecule has 0 saturated carbocycles. The molecule has 0 aliphatic carbocycles. The van der Waals surface area contributed by atoms with E-state index in [-0.39, 0.29) is 12.4 Å². The Morgan fingerprint density at radius 3 is 2.31 bits per heavy atom. The summed E-state index contributed by atoms with van der Waals surface area (Å²) < 4.78 is 0. The molecule has 0 spiro atoms. The Kier molecular flexibility index (Phi) is 6.31. The van der Waals surface area contributed by atoms with Gasteiger partial charge in [0.25, 0.3) is 0 Å². The normalized spacial score (nSPS) is 23.3. The van der Waals surface area contributed by atoms with E-state index in [1.165, 1.54) is 19.3 Å². The first-order chi connectivity index (χ1) is 5.67. The van der Waals surface area contributed by atoms with Crippen molar-refractivity contribution in [3.05, 3.63) is 0 Å². The average molecular weight is 228 g/mol. The van der Waals surface area contributed by atoms with E-state index in [4.69, 9.17) is 11.6 Å². The molecule has 13 heavy (non-hydrogen) atoms. The van der Waals surface area contributed by atoms with E-state index in [1.807, 2.05) is 11.8 Å². The molecule has 4 heteroatoms. The largest absolute Gasteiger partial charge is 0.363 e. The lowest BCUT2D eigenvalue weighted by Gasteiger charge is -2.37. The maximum atomic E-state index is 9.83. The number of nitrogens with zero attached hydrogens (tertiary/aromatic N) is 1. The van der Waals surface area contributed by atoms with Crippen molar-refractivity contribution in [1.29, 1.82) is 0 Å². The average Bonchev–Trinajstić information content (AvgIpc) is 2.06. The molecule has 1 N–H and O–H groups in total. The molecule has 2 nitrogen and oxygen atoms in total. The molecular weight excluding hydrogens is 209 g/mol. The van der Waals surface area contributed by atoms with E-state index >= 15 is 0 Å². The van der Waals surface area contributed by atoms with Crippen molar-refractivity contribution in [2.24, 2.45) is 0 Å². The number of hydrogen-bond donors (Lipinski definition) is 1. The first-order valence-corrected chi connectivity index (χ1v) is 5.21. The van der Waals surface area contributed by atoms with Crippen LogP contribution in [0.5, 0.6) is 0 Å². The van der Waals surface area contributed by atoms with Crippen LogP contribution in [-0.2, 0) is 0 Å². The minimum Gasteiger partial charge on any atom is -0.363 e. The Morgan fingerprint density at radius 1 is 1.31 bits per heavy atom. The van der Waals surface area contributed by atoms with Gasteiger partial charge in [0.2, 0.25) is 0 Å². The zero-order valence-electron chi connectivity index (χ0n) is 8.13. The quantitative estimate of drug-likeness (QED) is 0.592. The summed E-state index contributed by atoms with van der Waals surface area (Å²) in [6.45, 7) is 3.93. The fraction of sp³-hybridized carbons (Fsp3) is 1.00. The molecular formula is C9H19Cl2NO. The van der Waals surface area contributed by atoms with Crippen LogP contribution in [0.1, 0.15) is 39.0 Å². The molecule has 1 fully saturated rings. The summed E-state index contributed by atoms with van der Waals surface area (Å²) in [6.07, 6.45) is 5.19. The summed E-state index contributed by atoms with van der Waals surface area (Å²) in [7, 11) is 0. The van der Waals surface area contributed by atoms with Crippen molar-refractivity contribution in [1.82, 2.24) is 4.90 Å². The van der Waals surface area contributed by atoms with Crippen LogP contribution in [0, 0.1) is 0 Å². The van der Waals surface area contributed by atoms with E-state index in [0.717, 1.165) is 19.5 Å². The number of piperidine rings is 1. The number of aliphatic hydroxyl groups is 1. The Morgan fingerprint density at radius 2 is 1.85 bits per heavy atom. The first kappa shape index (κ1) is 13.5. The van der Waals surface area contributed by atoms with Gasteiger partial charge in [-0.2, -0.15) is 0 Å². The highest BCUT2D eigenvalue weighted by atomic mass is 35.5. The smallest absolute Gasteiger partial charge is 0.196 e. The minimum absolute atomic E-state index is 0. The molecule has 1 atom stereocenters. The van der Waals surface area contributed by atoms with E-state index in [9.17, 15) is 5.11 Å². The summed E-state index contributed by atoms with van der Waals surface area (Å²) in [6, 6.07) is 0. The molecule has 1 rings (SSSR count). The molecule has 1 aliphatic heterocycles. The molecule has 80 valence electrons. The number of likely N-dealkylation sites (tertiary alicyclic amines) is 1. The highest BCUT2D eigenvalue weighted by Gasteiger charge is 2.31. The predicted molar refractivity (Wildman–Crippen MR) is 58.4 cm³/mol. The Balaban J connectivity index is 0.00000144. The van der Waals surface area contributed by atoms with E-state index in [2.05, 4.69) is 0 Å². The van der Waals surface area contributed by atoms with E-state index in [1.54, 1.807) is 0 Å². The number of halogens is 2. The molecule has 0 radical (unpaired) electrons. The maximum absolute atomic E-state index is 9.83. The summed E-state index contributed by atoms with van der Waals surface area (Å²) in [5, 5.41) is 8.76. The Bertz CT molecular complexity index is 136. The lowest BCUT2D eigenvalue weighted by molar-refractivity contribution is -0.0526. The second-order valence-corrected chi connectivity index (χ2v) is 4.12. The van der Waals surface area contributed by atoms with Gasteiger partial charge in [-0.25, -0.2) is 0 Å². The van der Waals surface area contributed by atoms with Crippen molar-refractivity contribution in [2.45, 2.75) is 44.2 Å². The van der Waals surface area contributed by atoms with E-state index in [0.29, 0.717) is 6.42 Å². The first-order valence-electron chi connectivity index (χ1n) is 4.83. The maximum Gasteiger partial charge on any atom is 0.196 e. The van der Waals surface area contributed by atoms with Crippen LogP contribution in [-0.4, -0.2) is 28.3 Å². The SMILES string of the molecule is CCCC(O)(Cl)N1CCCCC1.Cl. The van der Waals surface area contributed by atoms with Crippen LogP contribution in [0.25, 0.3) is 0 Å². The van der Waals surface area contributed by atoms with Crippen molar-refractivity contribution in [3.8, 4) is 0 Å². The van der Waals surface area contributed by atoms with Gasteiger partial charge in [0, 0.05) is 19.5 Å². The monoisotopic (exact) mass is 227 g/mol. The van der Waals surface area contributed by atoms with Gasteiger partial charge in [0.15, 0.2) is 5.18 Å². The Hall–Kier alpha value is 0.500. The predicted octanol–water partition coefficient (Wildman–Crippen LogP) is 2.58. The van der Waals surface area contributed by atoms with Gasteiger partial charge in [-0.15, -0.1) is 12.4 Å². The highest BCUT2D eigenvalue weighted by molar-refractivity contribution is 6.22. The topological polar surface area (TPSA) is 23.5 Å². The molecule has 0 bridgehead atoms. The van der Waals surface area contributed by atoms with Crippen LogP contribution in [0.3, 0.4) is 0 Å². The van der Waals surface area contributed by atoms with Crippen molar-refractivity contribution in [2.75, 3.05) is 13.1 Å². The minimum atomic E-state index is -1.07. The van der Waals surface area contributed by atoms with Crippen molar-refractivity contribution in [3.63, 3.8) is 0 Å². The molecule has 1 unspecified atom stereocenters. The summed E-state index contributed by atoms with van der Waals surface area (Å²) in [5.41, 5.74) is 0. The number of hydrogen-bond acceptors (Lipinski definition) is 2. The molecule has 0 aromatic heterocycles.